The normalized spacial score (nSPS) is 15.5. The molecule has 7 heteroatoms. The van der Waals surface area contributed by atoms with Crippen molar-refractivity contribution in [2.24, 2.45) is 0 Å². The van der Waals surface area contributed by atoms with E-state index in [2.05, 4.69) is 5.32 Å². The van der Waals surface area contributed by atoms with Crippen molar-refractivity contribution in [3.63, 3.8) is 0 Å². The number of hydrogen-bond donors (Lipinski definition) is 1. The second-order valence-corrected chi connectivity index (χ2v) is 6.01. The number of ether oxygens (including phenoxy) is 2. The molecule has 0 atom stereocenters. The zero-order valence-electron chi connectivity index (χ0n) is 13.6. The highest BCUT2D eigenvalue weighted by Crippen LogP contribution is 2.31. The second kappa shape index (κ2) is 7.13. The summed E-state index contributed by atoms with van der Waals surface area (Å²) in [5.74, 6) is 1.03. The summed E-state index contributed by atoms with van der Waals surface area (Å²) in [6.45, 7) is 0. The molecule has 1 saturated heterocycles. The molecular formula is C18H15ClN2O3S. The molecule has 0 radical (unpaired) electrons. The van der Waals surface area contributed by atoms with Crippen LogP contribution in [0.25, 0.3) is 6.08 Å². The van der Waals surface area contributed by atoms with Crippen molar-refractivity contribution >= 4 is 46.6 Å². The van der Waals surface area contributed by atoms with Crippen LogP contribution < -0.4 is 19.7 Å². The van der Waals surface area contributed by atoms with Gasteiger partial charge in [-0.2, -0.15) is 0 Å². The monoisotopic (exact) mass is 374 g/mol. The first-order valence-corrected chi connectivity index (χ1v) is 8.17. The molecule has 1 fully saturated rings. The van der Waals surface area contributed by atoms with Crippen molar-refractivity contribution < 1.29 is 14.3 Å². The number of rotatable bonds is 4. The van der Waals surface area contributed by atoms with Gasteiger partial charge in [-0.1, -0.05) is 23.7 Å². The van der Waals surface area contributed by atoms with Gasteiger partial charge in [-0.05, 0) is 54.2 Å². The van der Waals surface area contributed by atoms with Gasteiger partial charge >= 0.3 is 0 Å². The lowest BCUT2D eigenvalue weighted by atomic mass is 10.2. The van der Waals surface area contributed by atoms with Crippen LogP contribution in [0, 0.1) is 0 Å². The summed E-state index contributed by atoms with van der Waals surface area (Å²) >= 11 is 11.4. The van der Waals surface area contributed by atoms with Crippen LogP contribution in [0.5, 0.6) is 11.5 Å². The Kier molecular flexibility index (Phi) is 4.92. The Hall–Kier alpha value is -2.57. The van der Waals surface area contributed by atoms with Crippen LogP contribution >= 0.6 is 23.8 Å². The molecular weight excluding hydrogens is 360 g/mol. The van der Waals surface area contributed by atoms with Gasteiger partial charge in [-0.25, -0.2) is 0 Å². The average molecular weight is 375 g/mol. The van der Waals surface area contributed by atoms with Gasteiger partial charge in [0.1, 0.15) is 17.2 Å². The molecule has 2 aromatic rings. The summed E-state index contributed by atoms with van der Waals surface area (Å²) in [6, 6.07) is 12.4. The van der Waals surface area contributed by atoms with Crippen molar-refractivity contribution in [1.29, 1.82) is 0 Å². The Balaban J connectivity index is 1.89. The van der Waals surface area contributed by atoms with E-state index < -0.39 is 0 Å². The number of amides is 1. The van der Waals surface area contributed by atoms with E-state index in [-0.39, 0.29) is 5.91 Å². The van der Waals surface area contributed by atoms with Gasteiger partial charge in [0.25, 0.3) is 5.91 Å². The number of carbonyl (C=O) groups is 1. The Labute approximate surface area is 155 Å². The first kappa shape index (κ1) is 17.3. The number of anilines is 1. The summed E-state index contributed by atoms with van der Waals surface area (Å²) < 4.78 is 10.3. The molecule has 1 N–H and O–H groups in total. The van der Waals surface area contributed by atoms with E-state index in [1.165, 1.54) is 12.0 Å². The Morgan fingerprint density at radius 2 is 1.84 bits per heavy atom. The molecule has 2 aromatic carbocycles. The number of nitrogens with one attached hydrogen (secondary N) is 1. The number of carbonyl (C=O) groups excluding carboxylic acids is 1. The number of thiocarbonyl (C=S) groups is 1. The molecule has 0 aliphatic carbocycles. The molecule has 0 saturated carbocycles. The fourth-order valence-corrected chi connectivity index (χ4v) is 2.98. The third-order valence-corrected chi connectivity index (χ3v) is 4.28. The standard InChI is InChI=1S/C18H15ClN2O3S/c1-23-13-6-3-11(4-7-13)9-15-17(22)21(18(25)20-15)12-5-8-16(24-2)14(19)10-12/h3-10H,1-2H3,(H,20,25)/b15-9-. The van der Waals surface area contributed by atoms with E-state index in [9.17, 15) is 4.79 Å². The Morgan fingerprint density at radius 3 is 2.44 bits per heavy atom. The van der Waals surface area contributed by atoms with Crippen molar-refractivity contribution in [3.8, 4) is 11.5 Å². The third-order valence-electron chi connectivity index (χ3n) is 3.70. The number of benzene rings is 2. The smallest absolute Gasteiger partial charge is 0.281 e. The first-order valence-electron chi connectivity index (χ1n) is 7.38. The summed E-state index contributed by atoms with van der Waals surface area (Å²) in [5, 5.41) is 3.64. The van der Waals surface area contributed by atoms with Crippen molar-refractivity contribution in [2.45, 2.75) is 0 Å². The molecule has 5 nitrogen and oxygen atoms in total. The van der Waals surface area contributed by atoms with Crippen LogP contribution in [-0.2, 0) is 4.79 Å². The van der Waals surface area contributed by atoms with Crippen LogP contribution in [0.4, 0.5) is 5.69 Å². The van der Waals surface area contributed by atoms with E-state index in [1.807, 2.05) is 24.3 Å². The summed E-state index contributed by atoms with van der Waals surface area (Å²) in [6.07, 6.45) is 1.74. The van der Waals surface area contributed by atoms with Crippen LogP contribution in [0.15, 0.2) is 48.2 Å². The highest BCUT2D eigenvalue weighted by atomic mass is 35.5. The fraction of sp³-hybridized carbons (Fsp3) is 0.111. The van der Waals surface area contributed by atoms with Crippen LogP contribution in [0.1, 0.15) is 5.56 Å². The number of hydrogen-bond acceptors (Lipinski definition) is 4. The Morgan fingerprint density at radius 1 is 1.12 bits per heavy atom. The molecule has 1 aliphatic heterocycles. The van der Waals surface area contributed by atoms with Gasteiger partial charge < -0.3 is 14.8 Å². The summed E-state index contributed by atoms with van der Waals surface area (Å²) in [4.78, 5) is 14.1. The lowest BCUT2D eigenvalue weighted by Gasteiger charge is -2.15. The summed E-state index contributed by atoms with van der Waals surface area (Å²) in [5.41, 5.74) is 1.82. The molecule has 0 spiro atoms. The fourth-order valence-electron chi connectivity index (χ4n) is 2.43. The minimum atomic E-state index is -0.248. The largest absolute Gasteiger partial charge is 0.497 e. The molecule has 25 heavy (non-hydrogen) atoms. The lowest BCUT2D eigenvalue weighted by molar-refractivity contribution is -0.113. The predicted octanol–water partition coefficient (Wildman–Crippen LogP) is 3.62. The predicted molar refractivity (Wildman–Crippen MR) is 102 cm³/mol. The molecule has 0 unspecified atom stereocenters. The molecule has 3 rings (SSSR count). The second-order valence-electron chi connectivity index (χ2n) is 5.22. The first-order chi connectivity index (χ1) is 12.0. The van der Waals surface area contributed by atoms with Gasteiger partial charge in [0.15, 0.2) is 5.11 Å². The minimum absolute atomic E-state index is 0.248. The molecule has 128 valence electrons. The topological polar surface area (TPSA) is 50.8 Å². The van der Waals surface area contributed by atoms with Crippen molar-refractivity contribution in [3.05, 3.63) is 58.7 Å². The van der Waals surface area contributed by atoms with Crippen LogP contribution in [-0.4, -0.2) is 25.2 Å². The van der Waals surface area contributed by atoms with Gasteiger partial charge in [0.05, 0.1) is 24.9 Å². The number of halogens is 1. The van der Waals surface area contributed by atoms with Gasteiger partial charge in [-0.3, -0.25) is 9.69 Å². The average Bonchev–Trinajstić information content (AvgIpc) is 2.89. The van der Waals surface area contributed by atoms with Crippen LogP contribution in [0.3, 0.4) is 0 Å². The lowest BCUT2D eigenvalue weighted by Crippen LogP contribution is -2.30. The van der Waals surface area contributed by atoms with Gasteiger partial charge in [0.2, 0.25) is 0 Å². The number of nitrogens with zero attached hydrogens (tertiary/aromatic N) is 1. The van der Waals surface area contributed by atoms with E-state index in [1.54, 1.807) is 31.4 Å². The van der Waals surface area contributed by atoms with E-state index in [0.29, 0.717) is 27.3 Å². The van der Waals surface area contributed by atoms with E-state index in [0.717, 1.165) is 11.3 Å². The maximum atomic E-state index is 12.7. The molecule has 0 bridgehead atoms. The SMILES string of the molecule is COc1ccc(/C=C2\NC(=S)N(c3ccc(OC)c(Cl)c3)C2=O)cc1. The van der Waals surface area contributed by atoms with Crippen molar-refractivity contribution in [2.75, 3.05) is 19.1 Å². The van der Waals surface area contributed by atoms with Gasteiger partial charge in [0, 0.05) is 0 Å². The maximum absolute atomic E-state index is 12.7. The number of methoxy groups -OCH3 is 2. The van der Waals surface area contributed by atoms with E-state index >= 15 is 0 Å². The summed E-state index contributed by atoms with van der Waals surface area (Å²) in [7, 11) is 3.13. The molecule has 1 heterocycles. The third kappa shape index (κ3) is 3.45. The van der Waals surface area contributed by atoms with Crippen molar-refractivity contribution in [1.82, 2.24) is 5.32 Å². The van der Waals surface area contributed by atoms with Crippen LogP contribution in [0.2, 0.25) is 5.02 Å². The minimum Gasteiger partial charge on any atom is -0.497 e. The zero-order chi connectivity index (χ0) is 18.0. The van der Waals surface area contributed by atoms with E-state index in [4.69, 9.17) is 33.3 Å². The molecule has 1 amide bonds. The maximum Gasteiger partial charge on any atom is 0.281 e. The van der Waals surface area contributed by atoms with Gasteiger partial charge in [-0.15, -0.1) is 0 Å². The molecule has 0 aromatic heterocycles. The zero-order valence-corrected chi connectivity index (χ0v) is 15.1. The quantitative estimate of drug-likeness (QED) is 0.654. The Bertz CT molecular complexity index is 865. The highest BCUT2D eigenvalue weighted by Gasteiger charge is 2.32. The highest BCUT2D eigenvalue weighted by molar-refractivity contribution is 7.80. The molecule has 1 aliphatic rings.